The Balaban J connectivity index is 1.17. The molecule has 0 bridgehead atoms. The van der Waals surface area contributed by atoms with E-state index in [0.29, 0.717) is 0 Å². The Morgan fingerprint density at radius 1 is 0.848 bits per heavy atom. The minimum absolute atomic E-state index is 0.0515. The van der Waals surface area contributed by atoms with E-state index in [1.54, 1.807) is 6.92 Å². The quantitative estimate of drug-likeness (QED) is 0.112. The van der Waals surface area contributed by atoms with Crippen molar-refractivity contribution in [3.05, 3.63) is 28.8 Å². The van der Waals surface area contributed by atoms with Gasteiger partial charge in [-0.15, -0.1) is 0 Å². The van der Waals surface area contributed by atoms with Crippen LogP contribution in [0.4, 0.5) is 11.8 Å². The van der Waals surface area contributed by atoms with Crippen molar-refractivity contribution in [3.8, 4) is 0 Å². The van der Waals surface area contributed by atoms with Crippen LogP contribution in [-0.2, 0) is 37.1 Å². The largest absolute Gasteiger partial charge is 0.385 e. The maximum Gasteiger partial charge on any atom is 0.354 e. The number of nitrogen functional groups attached to an aromatic ring is 2. The van der Waals surface area contributed by atoms with Crippen LogP contribution in [0.3, 0.4) is 0 Å². The second kappa shape index (κ2) is 11.1. The van der Waals surface area contributed by atoms with Gasteiger partial charge in [0.25, 0.3) is 5.56 Å². The first kappa shape index (κ1) is 31.2. The lowest BCUT2D eigenvalue weighted by molar-refractivity contribution is -0.178. The van der Waals surface area contributed by atoms with E-state index in [2.05, 4.69) is 29.9 Å². The minimum atomic E-state index is -4.81. The van der Waals surface area contributed by atoms with Gasteiger partial charge in [-0.05, 0) is 6.92 Å². The lowest BCUT2D eigenvalue weighted by Gasteiger charge is -2.28. The Bertz CT molecular complexity index is 1990. The summed E-state index contributed by atoms with van der Waals surface area (Å²) in [5, 5.41) is 22.3. The lowest BCUT2D eigenvalue weighted by Crippen LogP contribution is -2.38. The fourth-order valence-electron chi connectivity index (χ4n) is 5.33. The number of aliphatic hydroxyl groups excluding tert-OH is 2. The van der Waals surface area contributed by atoms with Crippen molar-refractivity contribution in [1.29, 1.82) is 0 Å². The summed E-state index contributed by atoms with van der Waals surface area (Å²) in [7, 11) is -9.61. The summed E-state index contributed by atoms with van der Waals surface area (Å²) in [6.07, 6.45) is -13.2. The molecule has 248 valence electrons. The summed E-state index contributed by atoms with van der Waals surface area (Å²) < 4.78 is 61.8. The Morgan fingerprint density at radius 2 is 1.35 bits per heavy atom. The van der Waals surface area contributed by atoms with Crippen molar-refractivity contribution < 1.29 is 57.1 Å². The number of ether oxygens (including phenoxy) is 4. The van der Waals surface area contributed by atoms with Crippen molar-refractivity contribution in [2.75, 3.05) is 24.2 Å². The van der Waals surface area contributed by atoms with Crippen molar-refractivity contribution in [3.63, 3.8) is 0 Å². The normalized spacial score (nSPS) is 37.2. The molecule has 0 aromatic carbocycles. The van der Waals surface area contributed by atoms with E-state index in [9.17, 15) is 33.9 Å². The van der Waals surface area contributed by atoms with Gasteiger partial charge in [0.1, 0.15) is 35.8 Å². The van der Waals surface area contributed by atoms with Gasteiger partial charge in [0.2, 0.25) is 5.95 Å². The van der Waals surface area contributed by atoms with Crippen LogP contribution in [0.25, 0.3) is 22.3 Å². The summed E-state index contributed by atoms with van der Waals surface area (Å²) in [6, 6.07) is 0. The number of aryl methyl sites for hydroxylation is 1. The highest BCUT2D eigenvalue weighted by atomic mass is 31.2. The summed E-state index contributed by atoms with van der Waals surface area (Å²) in [5.41, 5.74) is 10.9. The summed E-state index contributed by atoms with van der Waals surface area (Å²) in [5.74, 6) is 0.0590. The first-order valence-corrected chi connectivity index (χ1v) is 16.8. The molecule has 0 aliphatic carbocycles. The molecular weight excluding hydrogens is 662 g/mol. The Hall–Kier alpha value is -3.44. The highest BCUT2D eigenvalue weighted by Gasteiger charge is 2.54. The summed E-state index contributed by atoms with van der Waals surface area (Å²) in [4.78, 5) is 56.3. The van der Waals surface area contributed by atoms with Gasteiger partial charge in [-0.1, -0.05) is 0 Å². The van der Waals surface area contributed by atoms with Crippen LogP contribution in [0.2, 0.25) is 0 Å². The Labute approximate surface area is 255 Å². The molecule has 0 spiro atoms. The van der Waals surface area contributed by atoms with Gasteiger partial charge in [0.15, 0.2) is 60.4 Å². The number of aromatic amines is 1. The predicted molar refractivity (Wildman–Crippen MR) is 148 cm³/mol. The highest BCUT2D eigenvalue weighted by Crippen LogP contribution is 2.53. The second-order valence-electron chi connectivity index (χ2n) is 10.5. The summed E-state index contributed by atoms with van der Waals surface area (Å²) >= 11 is 0. The Morgan fingerprint density at radius 3 is 1.89 bits per heavy atom. The third kappa shape index (κ3) is 5.39. The molecule has 4 aromatic rings. The third-order valence-corrected chi connectivity index (χ3v) is 9.37. The molecule has 7 rings (SSSR count). The average Bonchev–Trinajstić information content (AvgIpc) is 3.72. The van der Waals surface area contributed by atoms with Gasteiger partial charge < -0.3 is 50.4 Å². The van der Waals surface area contributed by atoms with Gasteiger partial charge in [-0.2, -0.15) is 4.98 Å². The smallest absolute Gasteiger partial charge is 0.354 e. The van der Waals surface area contributed by atoms with Crippen LogP contribution in [-0.4, -0.2) is 109 Å². The van der Waals surface area contributed by atoms with Crippen molar-refractivity contribution in [2.45, 2.75) is 56.4 Å². The van der Waals surface area contributed by atoms with E-state index in [-0.39, 0.29) is 39.9 Å². The number of nitrogens with two attached hydrogens (primary N) is 2. The number of aliphatic hydroxyl groups is 2. The first-order valence-electron chi connectivity index (χ1n) is 13.3. The van der Waals surface area contributed by atoms with Crippen molar-refractivity contribution >= 4 is 49.3 Å². The zero-order chi connectivity index (χ0) is 32.7. The molecule has 3 fully saturated rings. The molecule has 7 heterocycles. The second-order valence-corrected chi connectivity index (χ2v) is 14.0. The molecule has 3 aliphatic heterocycles. The monoisotopic (exact) mass is 688 g/mol. The maximum absolute atomic E-state index is 13.2. The van der Waals surface area contributed by atoms with E-state index >= 15 is 0 Å². The van der Waals surface area contributed by atoms with Crippen LogP contribution in [0.15, 0.2) is 17.4 Å². The van der Waals surface area contributed by atoms with Gasteiger partial charge in [0, 0.05) is 0 Å². The van der Waals surface area contributed by atoms with Gasteiger partial charge >= 0.3 is 15.2 Å². The molecule has 10 atom stereocenters. The van der Waals surface area contributed by atoms with Crippen molar-refractivity contribution in [1.82, 2.24) is 39.0 Å². The number of rotatable bonds is 2. The fraction of sp³-hybridized carbons (Fsp3) is 0.524. The molecule has 4 unspecified atom stereocenters. The number of hydrogen-bond donors (Lipinski definition) is 7. The first-order chi connectivity index (χ1) is 21.7. The number of aromatic nitrogens is 8. The number of fused-ring (bicyclic) bond motifs is 4. The highest BCUT2D eigenvalue weighted by molar-refractivity contribution is 7.52. The van der Waals surface area contributed by atoms with Crippen LogP contribution in [0, 0.1) is 6.92 Å². The molecule has 25 heteroatoms. The topological polar surface area (TPSA) is 330 Å². The van der Waals surface area contributed by atoms with Gasteiger partial charge in [0.05, 0.1) is 12.7 Å². The fourth-order valence-corrected chi connectivity index (χ4v) is 7.33. The predicted octanol–water partition coefficient (Wildman–Crippen LogP) is -2.03. The van der Waals surface area contributed by atoms with E-state index in [4.69, 9.17) is 39.5 Å². The number of hydrogen-bond acceptors (Lipinski definition) is 18. The van der Waals surface area contributed by atoms with E-state index < -0.39 is 82.9 Å². The zero-order valence-electron chi connectivity index (χ0n) is 23.3. The maximum atomic E-state index is 13.2. The zero-order valence-corrected chi connectivity index (χ0v) is 25.1. The number of nitrogens with one attached hydrogen (secondary N) is 1. The average molecular weight is 688 g/mol. The van der Waals surface area contributed by atoms with Gasteiger partial charge in [-0.25, -0.2) is 19.9 Å². The molecule has 3 aliphatic rings. The van der Waals surface area contributed by atoms with Crippen LogP contribution in [0.5, 0.6) is 0 Å². The minimum Gasteiger partial charge on any atom is -0.385 e. The molecule has 9 N–H and O–H groups in total. The third-order valence-electron chi connectivity index (χ3n) is 7.28. The molecule has 0 amide bonds. The molecule has 4 aromatic heterocycles. The van der Waals surface area contributed by atoms with E-state index in [1.807, 2.05) is 0 Å². The van der Waals surface area contributed by atoms with Gasteiger partial charge in [-0.3, -0.25) is 37.1 Å². The molecule has 0 saturated carbocycles. The van der Waals surface area contributed by atoms with E-state index in [1.165, 1.54) is 10.9 Å². The molecule has 0 radical (unpaired) electrons. The summed E-state index contributed by atoms with van der Waals surface area (Å²) in [6.45, 7) is 1.57. The SMILES string of the molecule is Cc1nc(N)c2ncn([C@@H]3O[C@@H]4OCP(=O)(O)O[C@@H]5C(O)[C@H](n6cnc7c(=O)[nH]c(N)nc76)O[C@@H]5OCP(=O)(O)O[C@@H]4C3O)c2n1. The molecule has 23 nitrogen and oxygen atoms in total. The van der Waals surface area contributed by atoms with Crippen LogP contribution in [0.1, 0.15) is 18.3 Å². The van der Waals surface area contributed by atoms with E-state index in [0.717, 1.165) is 10.9 Å². The number of anilines is 2. The molecular formula is C21H26N10O13P2. The number of H-pyrrole nitrogens is 1. The van der Waals surface area contributed by atoms with Crippen molar-refractivity contribution in [2.24, 2.45) is 0 Å². The Kier molecular flexibility index (Phi) is 7.51. The number of nitrogens with zero attached hydrogens (tertiary/aromatic N) is 7. The standard InChI is InChI=1S/C21H26N10O13P2/c1-6-26-13(22)7-14(27-6)30(2-24-7)17-9(32)11-19(41-17)39-4-46(37,38)44-12-10(33)18(42-20(12)40-5-45(35,36)43-11)31-3-25-8-15(31)28-21(23)29-16(8)34/h2-3,9-12,17-20,32-33H,4-5H2,1H3,(H,35,36)(H,37,38)(H2,22,26,27)(H3,23,28,29,34)/t9?,10?,11-,12-,17-,18-,19+,20+/m1/s1. The van der Waals surface area contributed by atoms with Crippen LogP contribution < -0.4 is 17.0 Å². The lowest BCUT2D eigenvalue weighted by atomic mass is 10.2. The molecule has 3 saturated heterocycles. The molecule has 46 heavy (non-hydrogen) atoms. The van der Waals surface area contributed by atoms with Crippen LogP contribution >= 0.6 is 15.2 Å². The number of imidazole rings is 2.